The second kappa shape index (κ2) is 17.5. The first kappa shape index (κ1) is 22.2. The van der Waals surface area contributed by atoms with E-state index < -0.39 is 6.10 Å². The molecule has 3 heteroatoms. The minimum Gasteiger partial charge on any atom is -0.383 e. The molecule has 0 fully saturated rings. The molecule has 1 atom stereocenters. The number of hydrogen-bond donors (Lipinski definition) is 2. The van der Waals surface area contributed by atoms with Crippen molar-refractivity contribution in [1.82, 2.24) is 5.32 Å². The smallest absolute Gasteiger partial charge is 0.248 e. The van der Waals surface area contributed by atoms with Crippen LogP contribution in [0.4, 0.5) is 0 Å². The number of aliphatic hydroxyl groups is 1. The van der Waals surface area contributed by atoms with Crippen LogP contribution in [0.1, 0.15) is 97.3 Å². The Hall–Kier alpha value is -0.830. The van der Waals surface area contributed by atoms with Crippen molar-refractivity contribution < 1.29 is 9.90 Å². The first-order valence-corrected chi connectivity index (χ1v) is 9.83. The highest BCUT2D eigenvalue weighted by atomic mass is 16.3. The number of carbonyl (C=O) groups excluding carboxylic acids is 1. The van der Waals surface area contributed by atoms with Gasteiger partial charge in [0.25, 0.3) is 0 Å². The molecule has 0 saturated carbocycles. The van der Waals surface area contributed by atoms with E-state index in [1.807, 2.05) is 6.92 Å². The molecule has 0 aromatic heterocycles. The van der Waals surface area contributed by atoms with E-state index in [1.165, 1.54) is 57.8 Å². The van der Waals surface area contributed by atoms with Crippen LogP contribution in [0.25, 0.3) is 0 Å². The number of allylic oxidation sites excluding steroid dienone is 2. The summed E-state index contributed by atoms with van der Waals surface area (Å²) in [6.07, 6.45) is 19.4. The summed E-state index contributed by atoms with van der Waals surface area (Å²) in [6, 6.07) is 0. The number of unbranched alkanes of at least 4 members (excludes halogenated alkanes) is 10. The second-order valence-corrected chi connectivity index (χ2v) is 6.43. The van der Waals surface area contributed by atoms with Gasteiger partial charge < -0.3 is 10.4 Å². The number of rotatable bonds is 16. The third kappa shape index (κ3) is 15.8. The molecule has 1 amide bonds. The number of likely N-dealkylation sites (N-methyl/N-ethyl adjacent to an activating group) is 1. The standard InChI is InChI=1S/C20H39NO2/c1-3-5-6-7-8-9-10-11-12-13-14-15-16-17-18-19(22)20(23)21-4-2/h11-12,19,22H,3-10,13-18H2,1-2H3,(H,21,23). The quantitative estimate of drug-likeness (QED) is 0.305. The molecule has 0 rings (SSSR count). The van der Waals surface area contributed by atoms with E-state index >= 15 is 0 Å². The second-order valence-electron chi connectivity index (χ2n) is 6.43. The number of nitrogens with one attached hydrogen (secondary N) is 1. The van der Waals surface area contributed by atoms with Crippen LogP contribution in [0.5, 0.6) is 0 Å². The Kier molecular flexibility index (Phi) is 16.9. The van der Waals surface area contributed by atoms with Crippen molar-refractivity contribution in [3.8, 4) is 0 Å². The molecule has 0 bridgehead atoms. The van der Waals surface area contributed by atoms with E-state index in [-0.39, 0.29) is 5.91 Å². The van der Waals surface area contributed by atoms with Gasteiger partial charge >= 0.3 is 0 Å². The van der Waals surface area contributed by atoms with Crippen molar-refractivity contribution in [2.45, 2.75) is 103 Å². The van der Waals surface area contributed by atoms with Crippen LogP contribution < -0.4 is 5.32 Å². The van der Waals surface area contributed by atoms with E-state index in [0.29, 0.717) is 13.0 Å². The van der Waals surface area contributed by atoms with Gasteiger partial charge in [-0.1, -0.05) is 70.4 Å². The number of hydrogen-bond acceptors (Lipinski definition) is 2. The normalized spacial score (nSPS) is 12.7. The fraction of sp³-hybridized carbons (Fsp3) is 0.850. The van der Waals surface area contributed by atoms with Crippen molar-refractivity contribution >= 4 is 5.91 Å². The molecular formula is C20H39NO2. The van der Waals surface area contributed by atoms with Gasteiger partial charge in [0.1, 0.15) is 6.10 Å². The van der Waals surface area contributed by atoms with Gasteiger partial charge in [-0.15, -0.1) is 0 Å². The number of amides is 1. The van der Waals surface area contributed by atoms with Gasteiger partial charge in [0.15, 0.2) is 0 Å². The number of aliphatic hydroxyl groups excluding tert-OH is 1. The van der Waals surface area contributed by atoms with Crippen LogP contribution >= 0.6 is 0 Å². The van der Waals surface area contributed by atoms with Crippen molar-refractivity contribution in [3.63, 3.8) is 0 Å². The lowest BCUT2D eigenvalue weighted by atomic mass is 10.1. The monoisotopic (exact) mass is 325 g/mol. The Labute approximate surface area is 143 Å². The Balaban J connectivity index is 3.26. The average molecular weight is 326 g/mol. The SMILES string of the molecule is CCCCCCCCC=CCCCCCCC(O)C(=O)NCC. The minimum atomic E-state index is -0.827. The molecule has 0 aromatic carbocycles. The van der Waals surface area contributed by atoms with Gasteiger partial charge in [0.2, 0.25) is 5.91 Å². The average Bonchev–Trinajstić information content (AvgIpc) is 2.55. The molecular weight excluding hydrogens is 286 g/mol. The molecule has 0 aromatic rings. The Morgan fingerprint density at radius 1 is 0.870 bits per heavy atom. The van der Waals surface area contributed by atoms with Crippen molar-refractivity contribution in [2.24, 2.45) is 0 Å². The first-order valence-electron chi connectivity index (χ1n) is 9.83. The molecule has 0 aliphatic carbocycles. The zero-order chi connectivity index (χ0) is 17.2. The van der Waals surface area contributed by atoms with Crippen LogP contribution in [-0.4, -0.2) is 23.7 Å². The summed E-state index contributed by atoms with van der Waals surface area (Å²) >= 11 is 0. The topological polar surface area (TPSA) is 49.3 Å². The summed E-state index contributed by atoms with van der Waals surface area (Å²) in [4.78, 5) is 11.3. The van der Waals surface area contributed by atoms with Crippen molar-refractivity contribution in [2.75, 3.05) is 6.54 Å². The summed E-state index contributed by atoms with van der Waals surface area (Å²) < 4.78 is 0. The summed E-state index contributed by atoms with van der Waals surface area (Å²) in [7, 11) is 0. The maximum absolute atomic E-state index is 11.3. The molecule has 23 heavy (non-hydrogen) atoms. The van der Waals surface area contributed by atoms with Gasteiger partial charge in [-0.05, 0) is 39.0 Å². The first-order chi connectivity index (χ1) is 11.2. The predicted molar refractivity (Wildman–Crippen MR) is 99.5 cm³/mol. The molecule has 1 unspecified atom stereocenters. The minimum absolute atomic E-state index is 0.231. The molecule has 0 spiro atoms. The van der Waals surface area contributed by atoms with E-state index in [4.69, 9.17) is 0 Å². The highest BCUT2D eigenvalue weighted by molar-refractivity contribution is 5.80. The molecule has 0 aliphatic rings. The predicted octanol–water partition coefficient (Wildman–Crippen LogP) is 5.13. The highest BCUT2D eigenvalue weighted by Gasteiger charge is 2.12. The van der Waals surface area contributed by atoms with Crippen molar-refractivity contribution in [3.05, 3.63) is 12.2 Å². The molecule has 136 valence electrons. The van der Waals surface area contributed by atoms with Crippen LogP contribution in [0, 0.1) is 0 Å². The Morgan fingerprint density at radius 3 is 1.96 bits per heavy atom. The third-order valence-corrected chi connectivity index (χ3v) is 4.14. The van der Waals surface area contributed by atoms with E-state index in [0.717, 1.165) is 19.3 Å². The van der Waals surface area contributed by atoms with Gasteiger partial charge in [0, 0.05) is 6.54 Å². The van der Waals surface area contributed by atoms with Crippen LogP contribution in [0.2, 0.25) is 0 Å². The molecule has 0 radical (unpaired) electrons. The van der Waals surface area contributed by atoms with E-state index in [9.17, 15) is 9.90 Å². The highest BCUT2D eigenvalue weighted by Crippen LogP contribution is 2.10. The molecule has 0 aliphatic heterocycles. The third-order valence-electron chi connectivity index (χ3n) is 4.14. The van der Waals surface area contributed by atoms with Crippen LogP contribution in [-0.2, 0) is 4.79 Å². The van der Waals surface area contributed by atoms with Gasteiger partial charge in [-0.3, -0.25) is 4.79 Å². The lowest BCUT2D eigenvalue weighted by Crippen LogP contribution is -2.34. The summed E-state index contributed by atoms with van der Waals surface area (Å²) in [6.45, 7) is 4.71. The summed E-state index contributed by atoms with van der Waals surface area (Å²) in [5.74, 6) is -0.231. The summed E-state index contributed by atoms with van der Waals surface area (Å²) in [5.41, 5.74) is 0. The fourth-order valence-electron chi connectivity index (χ4n) is 2.65. The molecule has 2 N–H and O–H groups in total. The van der Waals surface area contributed by atoms with Gasteiger partial charge in [-0.25, -0.2) is 0 Å². The summed E-state index contributed by atoms with van der Waals surface area (Å²) in [5, 5.41) is 12.3. The zero-order valence-electron chi connectivity index (χ0n) is 15.5. The Bertz CT molecular complexity index is 289. The van der Waals surface area contributed by atoms with Crippen LogP contribution in [0.3, 0.4) is 0 Å². The Morgan fingerprint density at radius 2 is 1.39 bits per heavy atom. The fourth-order valence-corrected chi connectivity index (χ4v) is 2.65. The van der Waals surface area contributed by atoms with Crippen molar-refractivity contribution in [1.29, 1.82) is 0 Å². The maximum Gasteiger partial charge on any atom is 0.248 e. The largest absolute Gasteiger partial charge is 0.383 e. The van der Waals surface area contributed by atoms with Gasteiger partial charge in [-0.2, -0.15) is 0 Å². The lowest BCUT2D eigenvalue weighted by Gasteiger charge is -2.09. The molecule has 0 heterocycles. The number of carbonyl (C=O) groups is 1. The molecule has 3 nitrogen and oxygen atoms in total. The molecule has 0 saturated heterocycles. The lowest BCUT2D eigenvalue weighted by molar-refractivity contribution is -0.129. The zero-order valence-corrected chi connectivity index (χ0v) is 15.5. The van der Waals surface area contributed by atoms with E-state index in [2.05, 4.69) is 24.4 Å². The van der Waals surface area contributed by atoms with Crippen LogP contribution in [0.15, 0.2) is 12.2 Å². The van der Waals surface area contributed by atoms with E-state index in [1.54, 1.807) is 0 Å². The van der Waals surface area contributed by atoms with Gasteiger partial charge in [0.05, 0.1) is 0 Å². The maximum atomic E-state index is 11.3.